The molecular formula is C14H19N3O5. The Kier molecular flexibility index (Phi) is 4.69. The molecule has 120 valence electrons. The van der Waals surface area contributed by atoms with Gasteiger partial charge in [0.1, 0.15) is 0 Å². The van der Waals surface area contributed by atoms with Gasteiger partial charge in [0.05, 0.1) is 12.0 Å². The number of carbonyl (C=O) groups is 1. The van der Waals surface area contributed by atoms with Crippen molar-refractivity contribution in [3.05, 3.63) is 28.3 Å². The lowest BCUT2D eigenvalue weighted by Gasteiger charge is -2.36. The molecule has 2 rings (SSSR count). The molecule has 0 aromatic heterocycles. The van der Waals surface area contributed by atoms with Crippen LogP contribution in [0.3, 0.4) is 0 Å². The number of anilines is 1. The van der Waals surface area contributed by atoms with Gasteiger partial charge in [0.15, 0.2) is 5.75 Å². The molecule has 8 heteroatoms. The molecule has 1 N–H and O–H groups in total. The van der Waals surface area contributed by atoms with Gasteiger partial charge >= 0.3 is 11.8 Å². The third-order valence-corrected chi connectivity index (χ3v) is 4.04. The molecule has 0 bridgehead atoms. The minimum atomic E-state index is -0.921. The number of ether oxygens (including phenoxy) is 1. The van der Waals surface area contributed by atoms with Crippen LogP contribution in [0.25, 0.3) is 0 Å². The quantitative estimate of drug-likeness (QED) is 0.676. The fraction of sp³-hybridized carbons (Fsp3) is 0.500. The topological polar surface area (TPSA) is 96.2 Å². The van der Waals surface area contributed by atoms with E-state index in [4.69, 9.17) is 9.84 Å². The summed E-state index contributed by atoms with van der Waals surface area (Å²) in [6.45, 7) is 1.40. The Hall–Kier alpha value is -2.51. The average molecular weight is 309 g/mol. The lowest BCUT2D eigenvalue weighted by Crippen LogP contribution is -2.45. The molecule has 1 aliphatic rings. The molecule has 1 fully saturated rings. The van der Waals surface area contributed by atoms with Crippen molar-refractivity contribution in [2.24, 2.45) is 0 Å². The zero-order valence-electron chi connectivity index (χ0n) is 12.6. The Morgan fingerprint density at radius 2 is 2.09 bits per heavy atom. The average Bonchev–Trinajstić information content (AvgIpc) is 2.53. The van der Waals surface area contributed by atoms with Gasteiger partial charge in [0.25, 0.3) is 0 Å². The van der Waals surface area contributed by atoms with Crippen LogP contribution in [-0.2, 0) is 0 Å². The van der Waals surface area contributed by atoms with Gasteiger partial charge in [-0.25, -0.2) is 4.79 Å². The predicted octanol–water partition coefficient (Wildman–Crippen LogP) is 2.18. The van der Waals surface area contributed by atoms with Crippen LogP contribution in [0.2, 0.25) is 0 Å². The molecule has 0 saturated carbocycles. The van der Waals surface area contributed by atoms with Gasteiger partial charge in [0, 0.05) is 44.0 Å². The normalized spacial score (nSPS) is 15.5. The lowest BCUT2D eigenvalue weighted by molar-refractivity contribution is -0.385. The molecule has 1 heterocycles. The van der Waals surface area contributed by atoms with Gasteiger partial charge in [-0.05, 0) is 18.9 Å². The summed E-state index contributed by atoms with van der Waals surface area (Å²) >= 11 is 0. The maximum absolute atomic E-state index is 11.0. The summed E-state index contributed by atoms with van der Waals surface area (Å²) in [4.78, 5) is 24.8. The number of amides is 1. The molecule has 1 aromatic rings. The smallest absolute Gasteiger partial charge is 0.407 e. The molecule has 1 saturated heterocycles. The molecule has 1 aliphatic heterocycles. The van der Waals surface area contributed by atoms with E-state index in [1.165, 1.54) is 18.1 Å². The first-order valence-corrected chi connectivity index (χ1v) is 6.97. The van der Waals surface area contributed by atoms with E-state index in [0.29, 0.717) is 13.1 Å². The number of hydrogen-bond donors (Lipinski definition) is 1. The molecule has 0 radical (unpaired) electrons. The lowest BCUT2D eigenvalue weighted by atomic mass is 10.0. The first-order chi connectivity index (χ1) is 10.4. The highest BCUT2D eigenvalue weighted by atomic mass is 16.6. The van der Waals surface area contributed by atoms with Crippen LogP contribution >= 0.6 is 0 Å². The maximum atomic E-state index is 11.0. The van der Waals surface area contributed by atoms with Gasteiger partial charge in [-0.2, -0.15) is 0 Å². The second kappa shape index (κ2) is 6.50. The zero-order chi connectivity index (χ0) is 16.3. The Morgan fingerprint density at radius 3 is 2.59 bits per heavy atom. The van der Waals surface area contributed by atoms with Gasteiger partial charge in [-0.1, -0.05) is 0 Å². The van der Waals surface area contributed by atoms with E-state index in [2.05, 4.69) is 4.90 Å². The van der Waals surface area contributed by atoms with E-state index in [-0.39, 0.29) is 17.5 Å². The Bertz CT molecular complexity index is 570. The van der Waals surface area contributed by atoms with Crippen LogP contribution in [0, 0.1) is 10.1 Å². The standard InChI is InChI=1S/C14H19N3O5/c1-15(14(18)19)10-5-7-16(8-6-10)11-3-4-12(17(20)21)13(9-11)22-2/h3-4,9-10H,5-8H2,1-2H3,(H,18,19). The van der Waals surface area contributed by atoms with Crippen LogP contribution in [0.15, 0.2) is 18.2 Å². The van der Waals surface area contributed by atoms with Crippen molar-refractivity contribution in [3.8, 4) is 5.75 Å². The van der Waals surface area contributed by atoms with Crippen molar-refractivity contribution in [2.45, 2.75) is 18.9 Å². The van der Waals surface area contributed by atoms with Gasteiger partial charge in [-0.15, -0.1) is 0 Å². The largest absolute Gasteiger partial charge is 0.490 e. The second-order valence-corrected chi connectivity index (χ2v) is 5.22. The third kappa shape index (κ3) is 3.21. The van der Waals surface area contributed by atoms with Crippen molar-refractivity contribution in [1.29, 1.82) is 0 Å². The molecule has 0 spiro atoms. The first-order valence-electron chi connectivity index (χ1n) is 6.97. The van der Waals surface area contributed by atoms with Crippen molar-refractivity contribution in [3.63, 3.8) is 0 Å². The fourth-order valence-corrected chi connectivity index (χ4v) is 2.68. The zero-order valence-corrected chi connectivity index (χ0v) is 12.6. The number of methoxy groups -OCH3 is 1. The summed E-state index contributed by atoms with van der Waals surface area (Å²) < 4.78 is 5.07. The van der Waals surface area contributed by atoms with Crippen LogP contribution in [0.4, 0.5) is 16.2 Å². The van der Waals surface area contributed by atoms with Crippen molar-refractivity contribution in [2.75, 3.05) is 32.1 Å². The number of carboxylic acid groups (broad SMARTS) is 1. The molecule has 0 atom stereocenters. The molecule has 22 heavy (non-hydrogen) atoms. The molecule has 0 unspecified atom stereocenters. The van der Waals surface area contributed by atoms with Gasteiger partial charge in [-0.3, -0.25) is 10.1 Å². The number of hydrogen-bond acceptors (Lipinski definition) is 5. The summed E-state index contributed by atoms with van der Waals surface area (Å²) in [5.41, 5.74) is 0.783. The summed E-state index contributed by atoms with van der Waals surface area (Å²) in [5.74, 6) is 0.229. The number of rotatable bonds is 4. The van der Waals surface area contributed by atoms with E-state index < -0.39 is 11.0 Å². The van der Waals surface area contributed by atoms with Crippen LogP contribution in [0.5, 0.6) is 5.75 Å². The summed E-state index contributed by atoms with van der Waals surface area (Å²) in [6, 6.07) is 4.79. The van der Waals surface area contributed by atoms with E-state index >= 15 is 0 Å². The molecule has 0 aliphatic carbocycles. The van der Waals surface area contributed by atoms with Gasteiger partial charge in [0.2, 0.25) is 0 Å². The van der Waals surface area contributed by atoms with E-state index in [1.54, 1.807) is 19.2 Å². The fourth-order valence-electron chi connectivity index (χ4n) is 2.68. The van der Waals surface area contributed by atoms with Crippen LogP contribution < -0.4 is 9.64 Å². The van der Waals surface area contributed by atoms with Crippen molar-refractivity contribution in [1.82, 2.24) is 4.90 Å². The highest BCUT2D eigenvalue weighted by Crippen LogP contribution is 2.32. The molecule has 1 aromatic carbocycles. The Balaban J connectivity index is 2.08. The van der Waals surface area contributed by atoms with E-state index in [1.807, 2.05) is 0 Å². The Labute approximate surface area is 128 Å². The monoisotopic (exact) mass is 309 g/mol. The molecule has 8 nitrogen and oxygen atoms in total. The predicted molar refractivity (Wildman–Crippen MR) is 80.7 cm³/mol. The van der Waals surface area contributed by atoms with Gasteiger partial charge < -0.3 is 19.6 Å². The first kappa shape index (κ1) is 15.9. The number of nitrogens with zero attached hydrogens (tertiary/aromatic N) is 3. The third-order valence-electron chi connectivity index (χ3n) is 4.04. The minimum absolute atomic E-state index is 0.00805. The van der Waals surface area contributed by atoms with Crippen molar-refractivity contribution < 1.29 is 19.6 Å². The van der Waals surface area contributed by atoms with E-state index in [9.17, 15) is 14.9 Å². The number of piperidine rings is 1. The van der Waals surface area contributed by atoms with Crippen LogP contribution in [0.1, 0.15) is 12.8 Å². The van der Waals surface area contributed by atoms with E-state index in [0.717, 1.165) is 18.5 Å². The minimum Gasteiger partial charge on any atom is -0.490 e. The number of benzene rings is 1. The highest BCUT2D eigenvalue weighted by molar-refractivity contribution is 5.65. The number of nitro groups is 1. The molecular weight excluding hydrogens is 290 g/mol. The number of nitro benzene ring substituents is 1. The summed E-state index contributed by atoms with van der Waals surface area (Å²) in [6.07, 6.45) is 0.528. The maximum Gasteiger partial charge on any atom is 0.407 e. The highest BCUT2D eigenvalue weighted by Gasteiger charge is 2.26. The molecule has 1 amide bonds. The van der Waals surface area contributed by atoms with Crippen LogP contribution in [-0.4, -0.2) is 54.3 Å². The second-order valence-electron chi connectivity index (χ2n) is 5.22. The Morgan fingerprint density at radius 1 is 1.45 bits per heavy atom. The summed E-state index contributed by atoms with van der Waals surface area (Å²) in [5, 5.41) is 19.9. The van der Waals surface area contributed by atoms with Crippen molar-refractivity contribution >= 4 is 17.5 Å². The summed E-state index contributed by atoms with van der Waals surface area (Å²) in [7, 11) is 2.98. The SMILES string of the molecule is COc1cc(N2CCC(N(C)C(=O)O)CC2)ccc1[N+](=O)[O-].